The number of allylic oxidation sites excluding steroid dienone is 7. The van der Waals surface area contributed by atoms with Gasteiger partial charge in [-0.1, -0.05) is 107 Å². The van der Waals surface area contributed by atoms with Gasteiger partial charge in [-0.3, -0.25) is 0 Å². The molecule has 0 bridgehead atoms. The van der Waals surface area contributed by atoms with Crippen molar-refractivity contribution in [2.24, 2.45) is 0 Å². The molecule has 194 valence electrons. The zero-order valence-corrected chi connectivity index (χ0v) is 23.2. The third-order valence-corrected chi connectivity index (χ3v) is 7.91. The summed E-state index contributed by atoms with van der Waals surface area (Å²) in [6, 6.07) is 24.0. The topological polar surface area (TPSA) is 40.5 Å². The van der Waals surface area contributed by atoms with Crippen LogP contribution in [0.1, 0.15) is 60.3 Å². The van der Waals surface area contributed by atoms with Crippen molar-refractivity contribution in [1.82, 2.24) is 0 Å². The number of para-hydroxylation sites is 1. The van der Waals surface area contributed by atoms with E-state index in [-0.39, 0.29) is 16.4 Å². The van der Waals surface area contributed by atoms with Crippen molar-refractivity contribution in [1.29, 1.82) is 0 Å². The molecule has 3 aromatic carbocycles. The average Bonchev–Trinajstić information content (AvgIpc) is 3.09. The third kappa shape index (κ3) is 5.02. The fourth-order valence-electron chi connectivity index (χ4n) is 5.37. The van der Waals surface area contributed by atoms with Crippen LogP contribution in [0.5, 0.6) is 0 Å². The van der Waals surface area contributed by atoms with E-state index in [4.69, 9.17) is 0 Å². The second kappa shape index (κ2) is 10.3. The van der Waals surface area contributed by atoms with Crippen molar-refractivity contribution in [2.75, 3.05) is 11.9 Å². The summed E-state index contributed by atoms with van der Waals surface area (Å²) in [7, 11) is 2.11. The van der Waals surface area contributed by atoms with Gasteiger partial charge < -0.3 is 10.0 Å². The summed E-state index contributed by atoms with van der Waals surface area (Å²) in [6.07, 6.45) is 8.48. The second-order valence-corrected chi connectivity index (χ2v) is 11.1. The number of hydrogen-bond acceptors (Lipinski definition) is 2. The number of aryl methyl sites for hydroxylation is 1. The maximum atomic E-state index is 11.4. The van der Waals surface area contributed by atoms with E-state index in [1.807, 2.05) is 12.1 Å². The van der Waals surface area contributed by atoms with Crippen molar-refractivity contribution < 1.29 is 9.90 Å². The number of carboxylic acid groups (broad SMARTS) is 1. The van der Waals surface area contributed by atoms with Crippen molar-refractivity contribution in [2.45, 2.75) is 45.4 Å². The maximum absolute atomic E-state index is 11.4. The van der Waals surface area contributed by atoms with Gasteiger partial charge in [0.2, 0.25) is 0 Å². The fraction of sp³-hybridized carbons (Fsp3) is 0.229. The summed E-state index contributed by atoms with van der Waals surface area (Å²) in [4.78, 5) is 13.7. The number of benzene rings is 3. The van der Waals surface area contributed by atoms with Crippen molar-refractivity contribution >= 4 is 17.2 Å². The summed E-state index contributed by atoms with van der Waals surface area (Å²) in [5.41, 5.74) is 9.03. The first kappa shape index (κ1) is 26.9. The van der Waals surface area contributed by atoms with Gasteiger partial charge in [0, 0.05) is 29.3 Å². The fourth-order valence-corrected chi connectivity index (χ4v) is 5.37. The molecule has 4 rings (SSSR count). The third-order valence-electron chi connectivity index (χ3n) is 7.91. The molecule has 0 saturated heterocycles. The molecule has 0 aromatic heterocycles. The normalized spacial score (nSPS) is 16.2. The summed E-state index contributed by atoms with van der Waals surface area (Å²) in [6.45, 7) is 15.5. The van der Waals surface area contributed by atoms with Gasteiger partial charge in [0.1, 0.15) is 0 Å². The maximum Gasteiger partial charge on any atom is 0.335 e. The number of carbonyl (C=O) groups is 1. The second-order valence-electron chi connectivity index (χ2n) is 11.1. The Bertz CT molecular complexity index is 1470. The van der Waals surface area contributed by atoms with Crippen LogP contribution in [0.15, 0.2) is 115 Å². The number of nitrogens with zero attached hydrogens (tertiary/aromatic N) is 1. The molecule has 0 saturated carbocycles. The number of aromatic carboxylic acids is 1. The Morgan fingerprint density at radius 2 is 1.53 bits per heavy atom. The van der Waals surface area contributed by atoms with E-state index in [1.54, 1.807) is 12.1 Å². The van der Waals surface area contributed by atoms with Crippen LogP contribution in [0.4, 0.5) is 5.69 Å². The van der Waals surface area contributed by atoms with Gasteiger partial charge >= 0.3 is 5.97 Å². The van der Waals surface area contributed by atoms with E-state index in [2.05, 4.69) is 126 Å². The SMILES string of the molecule is C=C(/C=C/C(=C/C=C1/N(C)c2ccccc2C1(C)C)c1ccc(C(=O)O)cc1)C(C)(C)c1ccccc1C. The summed E-state index contributed by atoms with van der Waals surface area (Å²) in [5, 5.41) is 9.37. The van der Waals surface area contributed by atoms with E-state index < -0.39 is 5.97 Å². The van der Waals surface area contributed by atoms with E-state index >= 15 is 0 Å². The van der Waals surface area contributed by atoms with Gasteiger partial charge in [0.15, 0.2) is 0 Å². The number of anilines is 1. The lowest BCUT2D eigenvalue weighted by atomic mass is 9.76. The van der Waals surface area contributed by atoms with Gasteiger partial charge in [0.25, 0.3) is 0 Å². The van der Waals surface area contributed by atoms with E-state index in [9.17, 15) is 9.90 Å². The number of hydrogen-bond donors (Lipinski definition) is 1. The molecular formula is C35H37NO2. The van der Waals surface area contributed by atoms with Crippen LogP contribution in [0.25, 0.3) is 5.57 Å². The zero-order valence-electron chi connectivity index (χ0n) is 23.2. The van der Waals surface area contributed by atoms with Gasteiger partial charge in [-0.2, -0.15) is 0 Å². The number of carboxylic acids is 1. The molecule has 0 spiro atoms. The lowest BCUT2D eigenvalue weighted by molar-refractivity contribution is 0.0697. The minimum Gasteiger partial charge on any atom is -0.478 e. The number of likely N-dealkylation sites (N-methyl/N-ethyl adjacent to an activating group) is 1. The highest BCUT2D eigenvalue weighted by Gasteiger charge is 2.37. The standard InChI is InChI=1S/C35H37NO2/c1-24-12-8-9-13-29(24)34(3,4)25(2)16-17-26(27-18-20-28(21-19-27)33(37)38)22-23-32-35(5,6)30-14-10-11-15-31(30)36(32)7/h8-23H,2H2,1,3-7H3,(H,37,38)/b17-16+,26-22-,32-23+. The van der Waals surface area contributed by atoms with Gasteiger partial charge in [-0.05, 0) is 64.6 Å². The monoisotopic (exact) mass is 503 g/mol. The largest absolute Gasteiger partial charge is 0.478 e. The Morgan fingerprint density at radius 1 is 0.921 bits per heavy atom. The Balaban J connectivity index is 1.75. The molecular weight excluding hydrogens is 466 g/mol. The summed E-state index contributed by atoms with van der Waals surface area (Å²) in [5.74, 6) is -0.930. The molecule has 3 aromatic rings. The van der Waals surface area contributed by atoms with Crippen LogP contribution in [-0.2, 0) is 10.8 Å². The molecule has 1 heterocycles. The van der Waals surface area contributed by atoms with Crippen LogP contribution in [0.3, 0.4) is 0 Å². The number of fused-ring (bicyclic) bond motifs is 1. The van der Waals surface area contributed by atoms with Crippen LogP contribution >= 0.6 is 0 Å². The lowest BCUT2D eigenvalue weighted by Crippen LogP contribution is -2.22. The minimum absolute atomic E-state index is 0.139. The van der Waals surface area contributed by atoms with Crippen LogP contribution in [-0.4, -0.2) is 18.1 Å². The predicted molar refractivity (Wildman–Crippen MR) is 160 cm³/mol. The van der Waals surface area contributed by atoms with Crippen molar-refractivity contribution in [3.8, 4) is 0 Å². The molecule has 1 N–H and O–H groups in total. The van der Waals surface area contributed by atoms with Gasteiger partial charge in [-0.15, -0.1) is 0 Å². The molecule has 1 aliphatic heterocycles. The average molecular weight is 504 g/mol. The van der Waals surface area contributed by atoms with Crippen molar-refractivity contribution in [3.05, 3.63) is 143 Å². The molecule has 3 nitrogen and oxygen atoms in total. The molecule has 0 radical (unpaired) electrons. The summed E-state index contributed by atoms with van der Waals surface area (Å²) >= 11 is 0. The molecule has 1 aliphatic rings. The molecule has 0 fully saturated rings. The van der Waals surface area contributed by atoms with E-state index in [0.717, 1.165) is 16.7 Å². The highest BCUT2D eigenvalue weighted by molar-refractivity contribution is 5.88. The van der Waals surface area contributed by atoms with E-state index in [0.29, 0.717) is 0 Å². The van der Waals surface area contributed by atoms with E-state index in [1.165, 1.54) is 28.1 Å². The van der Waals surface area contributed by atoms with Crippen molar-refractivity contribution in [3.63, 3.8) is 0 Å². The van der Waals surface area contributed by atoms with Gasteiger partial charge in [0.05, 0.1) is 5.56 Å². The Hall–Kier alpha value is -4.11. The molecule has 38 heavy (non-hydrogen) atoms. The first-order valence-electron chi connectivity index (χ1n) is 13.0. The first-order chi connectivity index (χ1) is 17.9. The molecule has 0 amide bonds. The van der Waals surface area contributed by atoms with Crippen LogP contribution in [0.2, 0.25) is 0 Å². The highest BCUT2D eigenvalue weighted by atomic mass is 16.4. The smallest absolute Gasteiger partial charge is 0.335 e. The van der Waals surface area contributed by atoms with Gasteiger partial charge in [-0.25, -0.2) is 4.79 Å². The molecule has 0 aliphatic carbocycles. The lowest BCUT2D eigenvalue weighted by Gasteiger charge is -2.28. The first-order valence-corrected chi connectivity index (χ1v) is 13.0. The Labute approximate surface area is 227 Å². The predicted octanol–water partition coefficient (Wildman–Crippen LogP) is 8.48. The number of rotatable bonds is 7. The Kier molecular flexibility index (Phi) is 7.33. The molecule has 0 atom stereocenters. The molecule has 3 heteroatoms. The summed E-state index contributed by atoms with van der Waals surface area (Å²) < 4.78 is 0. The van der Waals surface area contributed by atoms with Crippen LogP contribution in [0, 0.1) is 6.92 Å². The zero-order chi connectivity index (χ0) is 27.7. The molecule has 0 unspecified atom stereocenters. The quantitative estimate of drug-likeness (QED) is 0.329. The Morgan fingerprint density at radius 3 is 2.16 bits per heavy atom. The highest BCUT2D eigenvalue weighted by Crippen LogP contribution is 2.46. The van der Waals surface area contributed by atoms with Crippen LogP contribution < -0.4 is 4.90 Å². The minimum atomic E-state index is -0.930.